The van der Waals surface area contributed by atoms with Crippen LogP contribution < -0.4 is 10.6 Å². The van der Waals surface area contributed by atoms with Gasteiger partial charge >= 0.3 is 0 Å². The third-order valence-electron chi connectivity index (χ3n) is 2.81. The maximum atomic E-state index is 11.6. The number of carbonyl (C=O) groups excluding carboxylic acids is 1. The van der Waals surface area contributed by atoms with Gasteiger partial charge in [-0.05, 0) is 45.7 Å². The molecule has 3 N–H and O–H groups in total. The van der Waals surface area contributed by atoms with Crippen molar-refractivity contribution in [2.45, 2.75) is 38.7 Å². The molecule has 1 aliphatic heterocycles. The molecular formula is C11H22N2O2. The first-order valence-corrected chi connectivity index (χ1v) is 5.86. The summed E-state index contributed by atoms with van der Waals surface area (Å²) in [7, 11) is 0. The predicted octanol–water partition coefficient (Wildman–Crippen LogP) is 0.263. The number of piperidine rings is 1. The Labute approximate surface area is 91.4 Å². The largest absolute Gasteiger partial charge is 0.393 e. The van der Waals surface area contributed by atoms with Crippen molar-refractivity contribution in [1.82, 2.24) is 10.6 Å². The summed E-state index contributed by atoms with van der Waals surface area (Å²) in [5.74, 6) is 0.375. The first-order chi connectivity index (χ1) is 7.20. The maximum Gasteiger partial charge on any atom is 0.223 e. The molecule has 0 aromatic heterocycles. The lowest BCUT2D eigenvalue weighted by atomic mass is 9.97. The molecule has 88 valence electrons. The van der Waals surface area contributed by atoms with E-state index in [0.29, 0.717) is 6.54 Å². The molecule has 0 saturated carbocycles. The summed E-state index contributed by atoms with van der Waals surface area (Å²) in [6, 6.07) is 0. The van der Waals surface area contributed by atoms with Crippen molar-refractivity contribution in [2.75, 3.05) is 19.6 Å². The van der Waals surface area contributed by atoms with Crippen LogP contribution in [0.25, 0.3) is 0 Å². The second-order valence-electron chi connectivity index (χ2n) is 4.31. The van der Waals surface area contributed by atoms with Gasteiger partial charge in [-0.3, -0.25) is 4.79 Å². The Kier molecular flexibility index (Phi) is 5.65. The van der Waals surface area contributed by atoms with Crippen LogP contribution in [0.5, 0.6) is 0 Å². The highest BCUT2D eigenvalue weighted by Gasteiger charge is 2.19. The number of hydrogen-bond donors (Lipinski definition) is 3. The molecule has 1 fully saturated rings. The van der Waals surface area contributed by atoms with E-state index < -0.39 is 0 Å². The maximum absolute atomic E-state index is 11.6. The van der Waals surface area contributed by atoms with Gasteiger partial charge in [-0.2, -0.15) is 0 Å². The molecule has 0 radical (unpaired) electrons. The zero-order valence-electron chi connectivity index (χ0n) is 9.46. The van der Waals surface area contributed by atoms with Gasteiger partial charge in [-0.1, -0.05) is 0 Å². The fourth-order valence-corrected chi connectivity index (χ4v) is 1.84. The summed E-state index contributed by atoms with van der Waals surface area (Å²) in [5, 5.41) is 15.2. The van der Waals surface area contributed by atoms with Gasteiger partial charge in [0.1, 0.15) is 0 Å². The van der Waals surface area contributed by atoms with E-state index in [1.807, 2.05) is 0 Å². The topological polar surface area (TPSA) is 61.4 Å². The van der Waals surface area contributed by atoms with Crippen molar-refractivity contribution in [1.29, 1.82) is 0 Å². The van der Waals surface area contributed by atoms with Crippen molar-refractivity contribution in [3.8, 4) is 0 Å². The number of rotatable bonds is 5. The number of carbonyl (C=O) groups is 1. The zero-order chi connectivity index (χ0) is 11.1. The van der Waals surface area contributed by atoms with Crippen molar-refractivity contribution < 1.29 is 9.90 Å². The van der Waals surface area contributed by atoms with Crippen LogP contribution in [0.15, 0.2) is 0 Å². The first-order valence-electron chi connectivity index (χ1n) is 5.86. The molecular weight excluding hydrogens is 192 g/mol. The molecule has 1 saturated heterocycles. The first kappa shape index (κ1) is 12.5. The lowest BCUT2D eigenvalue weighted by Crippen LogP contribution is -2.38. The molecule has 0 aliphatic carbocycles. The molecule has 1 unspecified atom stereocenters. The smallest absolute Gasteiger partial charge is 0.223 e. The second-order valence-corrected chi connectivity index (χ2v) is 4.31. The SMILES string of the molecule is CC(O)CCCNC(=O)C1CCNCC1. The molecule has 1 amide bonds. The van der Waals surface area contributed by atoms with Gasteiger partial charge < -0.3 is 15.7 Å². The van der Waals surface area contributed by atoms with Gasteiger partial charge in [0.15, 0.2) is 0 Å². The minimum Gasteiger partial charge on any atom is -0.393 e. The number of aliphatic hydroxyl groups excluding tert-OH is 1. The van der Waals surface area contributed by atoms with Gasteiger partial charge in [0.2, 0.25) is 5.91 Å². The third kappa shape index (κ3) is 5.14. The van der Waals surface area contributed by atoms with Crippen LogP contribution in [0, 0.1) is 5.92 Å². The Morgan fingerprint density at radius 1 is 1.53 bits per heavy atom. The molecule has 1 heterocycles. The van der Waals surface area contributed by atoms with Gasteiger partial charge in [-0.25, -0.2) is 0 Å². The Morgan fingerprint density at radius 2 is 2.20 bits per heavy atom. The Balaban J connectivity index is 2.07. The standard InChI is InChI=1S/C11H22N2O2/c1-9(14)3-2-6-13-11(15)10-4-7-12-8-5-10/h9-10,12,14H,2-8H2,1H3,(H,13,15). The molecule has 1 rings (SSSR count). The van der Waals surface area contributed by atoms with E-state index in [1.54, 1.807) is 6.92 Å². The molecule has 0 aromatic rings. The van der Waals surface area contributed by atoms with Crippen molar-refractivity contribution in [3.63, 3.8) is 0 Å². The molecule has 1 atom stereocenters. The molecule has 0 spiro atoms. The molecule has 0 bridgehead atoms. The zero-order valence-corrected chi connectivity index (χ0v) is 9.46. The fraction of sp³-hybridized carbons (Fsp3) is 0.909. The summed E-state index contributed by atoms with van der Waals surface area (Å²) < 4.78 is 0. The van der Waals surface area contributed by atoms with E-state index >= 15 is 0 Å². The highest BCUT2D eigenvalue weighted by molar-refractivity contribution is 5.78. The summed E-state index contributed by atoms with van der Waals surface area (Å²) in [4.78, 5) is 11.6. The number of nitrogens with one attached hydrogen (secondary N) is 2. The van der Waals surface area contributed by atoms with Crippen LogP contribution in [-0.4, -0.2) is 36.8 Å². The highest BCUT2D eigenvalue weighted by atomic mass is 16.3. The van der Waals surface area contributed by atoms with Crippen LogP contribution in [0.1, 0.15) is 32.6 Å². The van der Waals surface area contributed by atoms with Crippen molar-refractivity contribution in [3.05, 3.63) is 0 Å². The molecule has 1 aliphatic rings. The lowest BCUT2D eigenvalue weighted by Gasteiger charge is -2.21. The van der Waals surface area contributed by atoms with Crippen LogP contribution in [0.2, 0.25) is 0 Å². The van der Waals surface area contributed by atoms with Crippen LogP contribution in [0.3, 0.4) is 0 Å². The third-order valence-corrected chi connectivity index (χ3v) is 2.81. The highest BCUT2D eigenvalue weighted by Crippen LogP contribution is 2.11. The number of aliphatic hydroxyl groups is 1. The average Bonchev–Trinajstić information content (AvgIpc) is 2.25. The molecule has 4 nitrogen and oxygen atoms in total. The molecule has 4 heteroatoms. The molecule has 15 heavy (non-hydrogen) atoms. The van der Waals surface area contributed by atoms with Gasteiger partial charge in [0.25, 0.3) is 0 Å². The van der Waals surface area contributed by atoms with Gasteiger partial charge in [0, 0.05) is 12.5 Å². The van der Waals surface area contributed by atoms with Crippen molar-refractivity contribution in [2.24, 2.45) is 5.92 Å². The van der Waals surface area contributed by atoms with E-state index in [-0.39, 0.29) is 17.9 Å². The van der Waals surface area contributed by atoms with E-state index in [1.165, 1.54) is 0 Å². The van der Waals surface area contributed by atoms with E-state index in [0.717, 1.165) is 38.8 Å². The van der Waals surface area contributed by atoms with Crippen LogP contribution >= 0.6 is 0 Å². The predicted molar refractivity (Wildman–Crippen MR) is 59.5 cm³/mol. The van der Waals surface area contributed by atoms with E-state index in [9.17, 15) is 4.79 Å². The normalized spacial score (nSPS) is 19.9. The lowest BCUT2D eigenvalue weighted by molar-refractivity contribution is -0.125. The summed E-state index contributed by atoms with van der Waals surface area (Å²) in [6.07, 6.45) is 3.24. The van der Waals surface area contributed by atoms with E-state index in [4.69, 9.17) is 5.11 Å². The summed E-state index contributed by atoms with van der Waals surface area (Å²) in [5.41, 5.74) is 0. The van der Waals surface area contributed by atoms with Gasteiger partial charge in [0.05, 0.1) is 6.10 Å². The van der Waals surface area contributed by atoms with Crippen LogP contribution in [-0.2, 0) is 4.79 Å². The monoisotopic (exact) mass is 214 g/mol. The molecule has 0 aromatic carbocycles. The Hall–Kier alpha value is -0.610. The fourth-order valence-electron chi connectivity index (χ4n) is 1.84. The Morgan fingerprint density at radius 3 is 2.80 bits per heavy atom. The number of amides is 1. The van der Waals surface area contributed by atoms with Gasteiger partial charge in [-0.15, -0.1) is 0 Å². The average molecular weight is 214 g/mol. The summed E-state index contributed by atoms with van der Waals surface area (Å²) >= 11 is 0. The number of hydrogen-bond acceptors (Lipinski definition) is 3. The van der Waals surface area contributed by atoms with Crippen molar-refractivity contribution >= 4 is 5.91 Å². The second kappa shape index (κ2) is 6.80. The van der Waals surface area contributed by atoms with E-state index in [2.05, 4.69) is 10.6 Å². The minimum atomic E-state index is -0.263. The minimum absolute atomic E-state index is 0.182. The quantitative estimate of drug-likeness (QED) is 0.575. The van der Waals surface area contributed by atoms with Crippen LogP contribution in [0.4, 0.5) is 0 Å². The summed E-state index contributed by atoms with van der Waals surface area (Å²) in [6.45, 7) is 4.36. The Bertz CT molecular complexity index is 189.